The first kappa shape index (κ1) is 11.9. The summed E-state index contributed by atoms with van der Waals surface area (Å²) in [5, 5.41) is 10.6. The van der Waals surface area contributed by atoms with Crippen LogP contribution in [0.5, 0.6) is 0 Å². The maximum Gasteiger partial charge on any atom is 0.0549 e. The highest BCUT2D eigenvalue weighted by Gasteiger charge is 2.49. The molecule has 17 heavy (non-hydrogen) atoms. The van der Waals surface area contributed by atoms with Gasteiger partial charge in [-0.25, -0.2) is 0 Å². The predicted octanol–water partition coefficient (Wildman–Crippen LogP) is 2.16. The van der Waals surface area contributed by atoms with E-state index in [0.29, 0.717) is 17.1 Å². The minimum absolute atomic E-state index is 0.121. The first-order valence-corrected chi connectivity index (χ1v) is 7.34. The van der Waals surface area contributed by atoms with Crippen molar-refractivity contribution in [3.8, 4) is 0 Å². The van der Waals surface area contributed by atoms with Crippen LogP contribution in [0.2, 0.25) is 0 Å². The molecule has 3 aliphatic rings. The lowest BCUT2D eigenvalue weighted by Crippen LogP contribution is -2.52. The number of piperidine rings is 1. The van der Waals surface area contributed by atoms with Crippen LogP contribution < -0.4 is 0 Å². The number of hydrogen-bond acceptors (Lipinski definition) is 3. The normalized spacial score (nSPS) is 50.1. The number of aliphatic hydroxyl groups is 1. The topological polar surface area (TPSA) is 23.5 Å². The van der Waals surface area contributed by atoms with Gasteiger partial charge in [-0.15, -0.1) is 0 Å². The van der Waals surface area contributed by atoms with Gasteiger partial charge in [-0.05, 0) is 43.4 Å². The quantitative estimate of drug-likeness (QED) is 0.646. The maximum atomic E-state index is 10.1. The Kier molecular flexibility index (Phi) is 2.94. The fourth-order valence-corrected chi connectivity index (χ4v) is 5.15. The highest BCUT2D eigenvalue weighted by atomic mass is 32.1. The molecule has 3 rings (SSSR count). The Morgan fingerprint density at radius 2 is 1.94 bits per heavy atom. The summed E-state index contributed by atoms with van der Waals surface area (Å²) in [4.78, 5) is 2.31. The van der Waals surface area contributed by atoms with Crippen molar-refractivity contribution < 1.29 is 5.11 Å². The Hall–Kier alpha value is -0.150. The van der Waals surface area contributed by atoms with Crippen LogP contribution in [-0.4, -0.2) is 35.0 Å². The number of hydrogen-bond donors (Lipinski definition) is 2. The van der Waals surface area contributed by atoms with E-state index in [1.54, 1.807) is 0 Å². The number of nitrogens with zero attached hydrogens (tertiary/aromatic N) is 1. The van der Waals surface area contributed by atoms with Crippen LogP contribution in [0.25, 0.3) is 0 Å². The summed E-state index contributed by atoms with van der Waals surface area (Å²) in [5.41, 5.74) is 1.26. The molecule has 6 unspecified atom stereocenters. The average Bonchev–Trinajstić information content (AvgIpc) is 2.24. The number of likely N-dealkylation sites (tertiary alicyclic amines) is 1. The van der Waals surface area contributed by atoms with E-state index in [9.17, 15) is 5.11 Å². The lowest BCUT2D eigenvalue weighted by atomic mass is 9.57. The fourth-order valence-electron chi connectivity index (χ4n) is 4.61. The number of allylic oxidation sites excluding steroid dienone is 1. The first-order chi connectivity index (χ1) is 8.06. The fraction of sp³-hybridized carbons (Fsp3) is 0.857. The number of aliphatic hydroxyl groups excluding tert-OH is 1. The van der Waals surface area contributed by atoms with Gasteiger partial charge in [0.15, 0.2) is 0 Å². The minimum atomic E-state index is -0.121. The molecular formula is C14H23NOS. The molecule has 0 amide bonds. The van der Waals surface area contributed by atoms with E-state index in [1.165, 1.54) is 18.5 Å². The minimum Gasteiger partial charge on any atom is -0.393 e. The Balaban J connectivity index is 1.90. The van der Waals surface area contributed by atoms with Gasteiger partial charge in [-0.2, -0.15) is 12.6 Å². The van der Waals surface area contributed by atoms with Crippen LogP contribution in [0.15, 0.2) is 12.3 Å². The summed E-state index contributed by atoms with van der Waals surface area (Å²) in [5.74, 6) is 2.73. The molecule has 1 aliphatic heterocycles. The SMILES string of the molecule is C=C1C2CC(O)CC3CC(S)CC(CN1C)C32. The highest BCUT2D eigenvalue weighted by Crippen LogP contribution is 2.52. The third-order valence-corrected chi connectivity index (χ3v) is 5.65. The zero-order chi connectivity index (χ0) is 12.2. The smallest absolute Gasteiger partial charge is 0.0549 e. The van der Waals surface area contributed by atoms with Crippen molar-refractivity contribution in [1.29, 1.82) is 0 Å². The third-order valence-electron chi connectivity index (χ3n) is 5.23. The van der Waals surface area contributed by atoms with Crippen LogP contribution in [0, 0.1) is 23.7 Å². The van der Waals surface area contributed by atoms with Gasteiger partial charge in [-0.1, -0.05) is 6.58 Å². The average molecular weight is 253 g/mol. The van der Waals surface area contributed by atoms with Gasteiger partial charge in [-0.3, -0.25) is 0 Å². The molecule has 1 saturated heterocycles. The molecule has 2 saturated carbocycles. The molecule has 0 radical (unpaired) electrons. The molecule has 3 heteroatoms. The van der Waals surface area contributed by atoms with Crippen molar-refractivity contribution in [2.24, 2.45) is 23.7 Å². The maximum absolute atomic E-state index is 10.1. The van der Waals surface area contributed by atoms with Crippen molar-refractivity contribution in [3.05, 3.63) is 12.3 Å². The van der Waals surface area contributed by atoms with Gasteiger partial charge in [0, 0.05) is 30.5 Å². The van der Waals surface area contributed by atoms with E-state index in [4.69, 9.17) is 12.6 Å². The Morgan fingerprint density at radius 3 is 2.71 bits per heavy atom. The lowest BCUT2D eigenvalue weighted by Gasteiger charge is -2.55. The number of rotatable bonds is 0. The molecule has 1 heterocycles. The molecule has 6 atom stereocenters. The van der Waals surface area contributed by atoms with Gasteiger partial charge < -0.3 is 10.0 Å². The van der Waals surface area contributed by atoms with E-state index < -0.39 is 0 Å². The summed E-state index contributed by atoms with van der Waals surface area (Å²) in [6.45, 7) is 5.40. The standard InChI is InChI=1S/C14H23NOS/c1-8-13-6-11(16)3-9-4-12(17)5-10(14(9)13)7-15(8)2/h9-14,16-17H,1,3-7H2,2H3. The van der Waals surface area contributed by atoms with Gasteiger partial charge in [0.2, 0.25) is 0 Å². The summed E-state index contributed by atoms with van der Waals surface area (Å²) >= 11 is 4.70. The molecule has 96 valence electrons. The molecule has 2 nitrogen and oxygen atoms in total. The summed E-state index contributed by atoms with van der Waals surface area (Å²) < 4.78 is 0. The van der Waals surface area contributed by atoms with Gasteiger partial charge in [0.25, 0.3) is 0 Å². The van der Waals surface area contributed by atoms with Crippen molar-refractivity contribution in [3.63, 3.8) is 0 Å². The number of thiol groups is 1. The monoisotopic (exact) mass is 253 g/mol. The highest BCUT2D eigenvalue weighted by molar-refractivity contribution is 7.80. The van der Waals surface area contributed by atoms with E-state index in [-0.39, 0.29) is 6.10 Å². The van der Waals surface area contributed by atoms with E-state index >= 15 is 0 Å². The van der Waals surface area contributed by atoms with Crippen LogP contribution in [0.3, 0.4) is 0 Å². The molecule has 0 spiro atoms. The predicted molar refractivity (Wildman–Crippen MR) is 73.0 cm³/mol. The molecule has 3 fully saturated rings. The largest absolute Gasteiger partial charge is 0.393 e. The van der Waals surface area contributed by atoms with Crippen molar-refractivity contribution in [1.82, 2.24) is 4.90 Å². The second-order valence-electron chi connectivity index (χ2n) is 6.33. The summed E-state index contributed by atoms with van der Waals surface area (Å²) in [6, 6.07) is 0. The van der Waals surface area contributed by atoms with Gasteiger partial charge >= 0.3 is 0 Å². The molecule has 2 aliphatic carbocycles. The van der Waals surface area contributed by atoms with Gasteiger partial charge in [0.1, 0.15) is 0 Å². The second kappa shape index (κ2) is 4.20. The zero-order valence-electron chi connectivity index (χ0n) is 10.5. The summed E-state index contributed by atoms with van der Waals surface area (Å²) in [7, 11) is 2.15. The molecule has 0 aromatic heterocycles. The van der Waals surface area contributed by atoms with Crippen LogP contribution in [-0.2, 0) is 0 Å². The van der Waals surface area contributed by atoms with Crippen LogP contribution >= 0.6 is 12.6 Å². The van der Waals surface area contributed by atoms with Crippen molar-refractivity contribution in [2.75, 3.05) is 13.6 Å². The third kappa shape index (κ3) is 1.91. The van der Waals surface area contributed by atoms with Crippen molar-refractivity contribution in [2.45, 2.75) is 37.0 Å². The first-order valence-electron chi connectivity index (χ1n) is 6.82. The lowest BCUT2D eigenvalue weighted by molar-refractivity contribution is -0.0405. The molecular weight excluding hydrogens is 230 g/mol. The Morgan fingerprint density at radius 1 is 1.24 bits per heavy atom. The molecule has 0 aromatic rings. The Labute approximate surface area is 109 Å². The van der Waals surface area contributed by atoms with E-state index in [0.717, 1.165) is 31.2 Å². The zero-order valence-corrected chi connectivity index (χ0v) is 11.4. The van der Waals surface area contributed by atoms with Gasteiger partial charge in [0.05, 0.1) is 6.10 Å². The van der Waals surface area contributed by atoms with E-state index in [1.807, 2.05) is 0 Å². The van der Waals surface area contributed by atoms with Crippen LogP contribution in [0.4, 0.5) is 0 Å². The van der Waals surface area contributed by atoms with Crippen molar-refractivity contribution >= 4 is 12.6 Å². The van der Waals surface area contributed by atoms with Crippen LogP contribution in [0.1, 0.15) is 25.7 Å². The second-order valence-corrected chi connectivity index (χ2v) is 7.06. The summed E-state index contributed by atoms with van der Waals surface area (Å²) in [6.07, 6.45) is 4.23. The Bertz CT molecular complexity index is 321. The molecule has 0 aromatic carbocycles. The molecule has 0 bridgehead atoms. The molecule has 1 N–H and O–H groups in total. The van der Waals surface area contributed by atoms with E-state index in [2.05, 4.69) is 18.5 Å².